The van der Waals surface area contributed by atoms with Gasteiger partial charge in [0.25, 0.3) is 0 Å². The van der Waals surface area contributed by atoms with E-state index in [1.807, 2.05) is 0 Å². The molecule has 0 saturated carbocycles. The number of hydrogen-bond donors (Lipinski definition) is 1. The molecule has 100 valence electrons. The van der Waals surface area contributed by atoms with E-state index in [1.165, 1.54) is 43.5 Å². The van der Waals surface area contributed by atoms with E-state index in [9.17, 15) is 12.8 Å². The van der Waals surface area contributed by atoms with Crippen molar-refractivity contribution in [1.29, 1.82) is 0 Å². The molecule has 2 aromatic rings. The third kappa shape index (κ3) is 2.39. The van der Waals surface area contributed by atoms with Crippen molar-refractivity contribution in [3.8, 4) is 5.75 Å². The summed E-state index contributed by atoms with van der Waals surface area (Å²) in [4.78, 5) is -0.439. The smallest absolute Gasteiger partial charge is 0.209 e. The van der Waals surface area contributed by atoms with Gasteiger partial charge in [0.15, 0.2) is 0 Å². The Hall–Kier alpha value is -2.08. The lowest BCUT2D eigenvalue weighted by atomic mass is 10.3. The second-order valence-electron chi connectivity index (χ2n) is 3.84. The van der Waals surface area contributed by atoms with Crippen LogP contribution in [0.5, 0.6) is 5.75 Å². The lowest BCUT2D eigenvalue weighted by molar-refractivity contribution is 0.415. The van der Waals surface area contributed by atoms with Gasteiger partial charge in [0.05, 0.1) is 17.7 Å². The number of halogens is 1. The molecule has 0 amide bonds. The Kier molecular flexibility index (Phi) is 3.44. The molecule has 0 aliphatic carbocycles. The number of methoxy groups -OCH3 is 1. The topological polar surface area (TPSA) is 69.4 Å². The van der Waals surface area contributed by atoms with Crippen molar-refractivity contribution in [2.75, 3.05) is 12.8 Å². The molecule has 0 unspecified atom stereocenters. The first-order valence-corrected chi connectivity index (χ1v) is 6.88. The molecule has 2 N–H and O–H groups in total. The minimum atomic E-state index is -3.93. The fraction of sp³-hybridized carbons (Fsp3) is 0.0769. The second kappa shape index (κ2) is 4.89. The number of ether oxygens (including phenoxy) is 1. The van der Waals surface area contributed by atoms with Crippen LogP contribution in [0.1, 0.15) is 0 Å². The number of anilines is 1. The van der Waals surface area contributed by atoms with Crippen molar-refractivity contribution in [2.45, 2.75) is 9.79 Å². The number of nitrogen functional groups attached to an aromatic ring is 1. The average molecular weight is 281 g/mol. The molecule has 2 aromatic carbocycles. The first-order valence-electron chi connectivity index (χ1n) is 5.40. The van der Waals surface area contributed by atoms with Gasteiger partial charge in [0.2, 0.25) is 9.84 Å². The minimum absolute atomic E-state index is 0.0661. The summed E-state index contributed by atoms with van der Waals surface area (Å²) in [6.45, 7) is 0. The summed E-state index contributed by atoms with van der Waals surface area (Å²) in [6.07, 6.45) is 0. The SMILES string of the molecule is COc1cc(S(=O)(=O)c2ccccc2F)ccc1N. The zero-order chi connectivity index (χ0) is 14.0. The second-order valence-corrected chi connectivity index (χ2v) is 5.76. The number of sulfone groups is 1. The van der Waals surface area contributed by atoms with E-state index in [4.69, 9.17) is 10.5 Å². The lowest BCUT2D eigenvalue weighted by Crippen LogP contribution is -2.05. The van der Waals surface area contributed by atoms with E-state index in [0.717, 1.165) is 6.07 Å². The summed E-state index contributed by atoms with van der Waals surface area (Å²) < 4.78 is 43.2. The Morgan fingerprint density at radius 2 is 1.84 bits per heavy atom. The Balaban J connectivity index is 2.61. The fourth-order valence-electron chi connectivity index (χ4n) is 1.65. The van der Waals surface area contributed by atoms with Crippen LogP contribution in [0.2, 0.25) is 0 Å². The summed E-state index contributed by atoms with van der Waals surface area (Å²) in [6, 6.07) is 9.21. The fourth-order valence-corrected chi connectivity index (χ4v) is 2.99. The Morgan fingerprint density at radius 1 is 1.16 bits per heavy atom. The Labute approximate surface area is 110 Å². The van der Waals surface area contributed by atoms with Gasteiger partial charge in [-0.1, -0.05) is 12.1 Å². The van der Waals surface area contributed by atoms with Crippen LogP contribution in [0, 0.1) is 5.82 Å². The average Bonchev–Trinajstić information content (AvgIpc) is 2.39. The molecule has 0 atom stereocenters. The van der Waals surface area contributed by atoms with E-state index >= 15 is 0 Å². The quantitative estimate of drug-likeness (QED) is 0.876. The van der Waals surface area contributed by atoms with Crippen molar-refractivity contribution in [3.05, 3.63) is 48.3 Å². The zero-order valence-electron chi connectivity index (χ0n) is 10.1. The molecule has 0 spiro atoms. The van der Waals surface area contributed by atoms with Crippen LogP contribution in [0.25, 0.3) is 0 Å². The van der Waals surface area contributed by atoms with Crippen LogP contribution in [-0.2, 0) is 9.84 Å². The summed E-state index contributed by atoms with van der Waals surface area (Å²) >= 11 is 0. The number of benzene rings is 2. The molecule has 0 aromatic heterocycles. The molecule has 0 bridgehead atoms. The van der Waals surface area contributed by atoms with Gasteiger partial charge in [-0.05, 0) is 24.3 Å². The summed E-state index contributed by atoms with van der Waals surface area (Å²) in [5, 5.41) is 0. The molecule has 0 fully saturated rings. The van der Waals surface area contributed by atoms with Gasteiger partial charge in [-0.25, -0.2) is 12.8 Å². The molecule has 6 heteroatoms. The first-order chi connectivity index (χ1) is 8.96. The highest BCUT2D eigenvalue weighted by Crippen LogP contribution is 2.29. The van der Waals surface area contributed by atoms with Crippen molar-refractivity contribution in [1.82, 2.24) is 0 Å². The van der Waals surface area contributed by atoms with Crippen LogP contribution in [0.3, 0.4) is 0 Å². The standard InChI is InChI=1S/C13H12FNO3S/c1-18-12-8-9(6-7-11(12)15)19(16,17)13-5-3-2-4-10(13)14/h2-8H,15H2,1H3. The maximum absolute atomic E-state index is 13.6. The van der Waals surface area contributed by atoms with Crippen molar-refractivity contribution >= 4 is 15.5 Å². The largest absolute Gasteiger partial charge is 0.495 e. The molecular weight excluding hydrogens is 269 g/mol. The van der Waals surface area contributed by atoms with Crippen LogP contribution < -0.4 is 10.5 Å². The van der Waals surface area contributed by atoms with Gasteiger partial charge < -0.3 is 10.5 Å². The molecule has 19 heavy (non-hydrogen) atoms. The molecule has 0 radical (unpaired) electrons. The molecular formula is C13H12FNO3S. The Morgan fingerprint density at radius 3 is 2.47 bits per heavy atom. The van der Waals surface area contributed by atoms with Crippen molar-refractivity contribution in [2.24, 2.45) is 0 Å². The Bertz CT molecular complexity index is 714. The van der Waals surface area contributed by atoms with Gasteiger partial charge in [-0.3, -0.25) is 0 Å². The maximum atomic E-state index is 13.6. The highest BCUT2D eigenvalue weighted by Gasteiger charge is 2.22. The van der Waals surface area contributed by atoms with Crippen molar-refractivity contribution < 1.29 is 17.5 Å². The van der Waals surface area contributed by atoms with Gasteiger partial charge in [-0.15, -0.1) is 0 Å². The third-order valence-corrected chi connectivity index (χ3v) is 4.43. The van der Waals surface area contributed by atoms with Gasteiger partial charge in [-0.2, -0.15) is 0 Å². The summed E-state index contributed by atoms with van der Waals surface area (Å²) in [7, 11) is -2.55. The van der Waals surface area contributed by atoms with E-state index in [0.29, 0.717) is 5.69 Å². The van der Waals surface area contributed by atoms with Crippen molar-refractivity contribution in [3.63, 3.8) is 0 Å². The molecule has 4 nitrogen and oxygen atoms in total. The zero-order valence-corrected chi connectivity index (χ0v) is 10.9. The maximum Gasteiger partial charge on any atom is 0.209 e. The van der Waals surface area contributed by atoms with Crippen LogP contribution in [0.4, 0.5) is 10.1 Å². The predicted molar refractivity (Wildman–Crippen MR) is 69.3 cm³/mol. The number of rotatable bonds is 3. The molecule has 0 saturated heterocycles. The van der Waals surface area contributed by atoms with Crippen LogP contribution in [0.15, 0.2) is 52.3 Å². The van der Waals surface area contributed by atoms with Gasteiger partial charge in [0.1, 0.15) is 16.5 Å². The van der Waals surface area contributed by atoms with E-state index in [-0.39, 0.29) is 15.5 Å². The number of nitrogens with two attached hydrogens (primary N) is 1. The lowest BCUT2D eigenvalue weighted by Gasteiger charge is -2.09. The van der Waals surface area contributed by atoms with Crippen LogP contribution >= 0.6 is 0 Å². The normalized spacial score (nSPS) is 11.3. The highest BCUT2D eigenvalue weighted by molar-refractivity contribution is 7.91. The third-order valence-electron chi connectivity index (χ3n) is 2.64. The number of hydrogen-bond acceptors (Lipinski definition) is 4. The molecule has 0 heterocycles. The molecule has 0 aliphatic rings. The monoisotopic (exact) mass is 281 g/mol. The molecule has 2 rings (SSSR count). The molecule has 0 aliphatic heterocycles. The summed E-state index contributed by atoms with van der Waals surface area (Å²) in [5.74, 6) is -0.560. The van der Waals surface area contributed by atoms with Crippen LogP contribution in [-0.4, -0.2) is 15.5 Å². The van der Waals surface area contributed by atoms with E-state index < -0.39 is 15.7 Å². The van der Waals surface area contributed by atoms with E-state index in [2.05, 4.69) is 0 Å². The van der Waals surface area contributed by atoms with Gasteiger partial charge in [0, 0.05) is 6.07 Å². The van der Waals surface area contributed by atoms with E-state index in [1.54, 1.807) is 0 Å². The highest BCUT2D eigenvalue weighted by atomic mass is 32.2. The first kappa shape index (κ1) is 13.4. The minimum Gasteiger partial charge on any atom is -0.495 e. The predicted octanol–water partition coefficient (Wildman–Crippen LogP) is 2.25. The summed E-state index contributed by atoms with van der Waals surface area (Å²) in [5.41, 5.74) is 5.93. The van der Waals surface area contributed by atoms with Gasteiger partial charge >= 0.3 is 0 Å².